The topological polar surface area (TPSA) is 51.8 Å². The average molecular weight is 757 g/mol. The molecule has 6 heteroatoms. The van der Waals surface area contributed by atoms with E-state index in [4.69, 9.17) is 0 Å². The van der Waals surface area contributed by atoms with E-state index in [-0.39, 0.29) is 0 Å². The average Bonchev–Trinajstić information content (AvgIpc) is 3.90. The standard InChI is InChI=1S/C53H36N6/c1-3-10-42(11-4-1)57-34-30-47-49(57)28-29-51-52(47)48-35-40(20-27-50(48)59(51)43-12-5-2-6-13-43)37-14-21-44(22-15-37)58(45-23-16-38(17-24-45)41-9-7-31-54-36-41)46-25-18-39(19-26-46)53-55-32-8-33-56-53/h1-36H. The minimum atomic E-state index is 0.703. The van der Waals surface area contributed by atoms with Crippen molar-refractivity contribution in [3.63, 3.8) is 0 Å². The van der Waals surface area contributed by atoms with Crippen LogP contribution in [0.15, 0.2) is 219 Å². The fourth-order valence-corrected chi connectivity index (χ4v) is 8.38. The van der Waals surface area contributed by atoms with Crippen LogP contribution in [0.4, 0.5) is 17.1 Å². The fraction of sp³-hybridized carbons (Fsp3) is 0. The highest BCUT2D eigenvalue weighted by atomic mass is 15.1. The lowest BCUT2D eigenvalue weighted by molar-refractivity contribution is 1.13. The molecule has 0 N–H and O–H groups in total. The summed E-state index contributed by atoms with van der Waals surface area (Å²) in [6.45, 7) is 0. The molecule has 59 heavy (non-hydrogen) atoms. The summed E-state index contributed by atoms with van der Waals surface area (Å²) >= 11 is 0. The molecular formula is C53H36N6. The number of hydrogen-bond acceptors (Lipinski definition) is 4. The van der Waals surface area contributed by atoms with Gasteiger partial charge in [0.15, 0.2) is 5.82 Å². The van der Waals surface area contributed by atoms with Gasteiger partial charge in [-0.3, -0.25) is 4.98 Å². The summed E-state index contributed by atoms with van der Waals surface area (Å²) in [7, 11) is 0. The second-order valence-electron chi connectivity index (χ2n) is 14.6. The Morgan fingerprint density at radius 2 is 0.966 bits per heavy atom. The minimum Gasteiger partial charge on any atom is -0.317 e. The molecule has 0 aliphatic carbocycles. The molecule has 0 unspecified atom stereocenters. The Hall–Kier alpha value is -8.09. The number of rotatable bonds is 8. The first-order chi connectivity index (χ1) is 29.3. The Balaban J connectivity index is 1.02. The van der Waals surface area contributed by atoms with E-state index in [0.29, 0.717) is 5.82 Å². The molecule has 0 amide bonds. The highest BCUT2D eigenvalue weighted by molar-refractivity contribution is 6.21. The quantitative estimate of drug-likeness (QED) is 0.155. The van der Waals surface area contributed by atoms with Crippen molar-refractivity contribution in [1.82, 2.24) is 24.1 Å². The maximum atomic E-state index is 4.47. The molecule has 7 aromatic carbocycles. The number of fused-ring (bicyclic) bond motifs is 5. The lowest BCUT2D eigenvalue weighted by Gasteiger charge is -2.26. The molecule has 0 saturated carbocycles. The zero-order valence-electron chi connectivity index (χ0n) is 32.0. The van der Waals surface area contributed by atoms with E-state index < -0.39 is 0 Å². The van der Waals surface area contributed by atoms with Crippen molar-refractivity contribution >= 4 is 49.8 Å². The molecule has 0 aliphatic rings. The monoisotopic (exact) mass is 756 g/mol. The van der Waals surface area contributed by atoms with Crippen LogP contribution in [0.5, 0.6) is 0 Å². The second-order valence-corrected chi connectivity index (χ2v) is 14.6. The van der Waals surface area contributed by atoms with Gasteiger partial charge >= 0.3 is 0 Å². The van der Waals surface area contributed by atoms with E-state index in [1.54, 1.807) is 18.6 Å². The van der Waals surface area contributed by atoms with Gasteiger partial charge in [0.2, 0.25) is 0 Å². The van der Waals surface area contributed by atoms with Crippen molar-refractivity contribution in [2.45, 2.75) is 0 Å². The number of nitrogens with zero attached hydrogens (tertiary/aromatic N) is 6. The van der Waals surface area contributed by atoms with Gasteiger partial charge in [0.25, 0.3) is 0 Å². The van der Waals surface area contributed by atoms with Crippen LogP contribution >= 0.6 is 0 Å². The summed E-state index contributed by atoms with van der Waals surface area (Å²) in [5, 5.41) is 3.70. The third kappa shape index (κ3) is 6.11. The van der Waals surface area contributed by atoms with Crippen molar-refractivity contribution in [3.8, 4) is 45.0 Å². The van der Waals surface area contributed by atoms with Crippen LogP contribution in [0.3, 0.4) is 0 Å². The summed E-state index contributed by atoms with van der Waals surface area (Å²) in [6.07, 6.45) is 9.44. The van der Waals surface area contributed by atoms with E-state index in [1.165, 1.54) is 32.7 Å². The van der Waals surface area contributed by atoms with E-state index in [0.717, 1.165) is 56.3 Å². The third-order valence-corrected chi connectivity index (χ3v) is 11.2. The van der Waals surface area contributed by atoms with E-state index >= 15 is 0 Å². The Labute approximate surface area is 341 Å². The van der Waals surface area contributed by atoms with E-state index in [9.17, 15) is 0 Å². The Kier molecular flexibility index (Phi) is 8.37. The summed E-state index contributed by atoms with van der Waals surface area (Å²) < 4.78 is 4.67. The van der Waals surface area contributed by atoms with Crippen LogP contribution < -0.4 is 4.90 Å². The van der Waals surface area contributed by atoms with Crippen molar-refractivity contribution in [2.75, 3.05) is 4.90 Å². The van der Waals surface area contributed by atoms with E-state index in [1.807, 2.05) is 18.3 Å². The summed E-state index contributed by atoms with van der Waals surface area (Å²) in [6, 6.07) is 66.8. The lowest BCUT2D eigenvalue weighted by atomic mass is 10.0. The summed E-state index contributed by atoms with van der Waals surface area (Å²) in [5.74, 6) is 0.703. The molecule has 0 radical (unpaired) electrons. The van der Waals surface area contributed by atoms with Gasteiger partial charge in [0.1, 0.15) is 0 Å². The largest absolute Gasteiger partial charge is 0.317 e. The number of anilines is 3. The maximum absolute atomic E-state index is 4.47. The first kappa shape index (κ1) is 34.2. The first-order valence-electron chi connectivity index (χ1n) is 19.7. The fourth-order valence-electron chi connectivity index (χ4n) is 8.38. The molecule has 0 fully saturated rings. The number of hydrogen-bond donors (Lipinski definition) is 0. The van der Waals surface area contributed by atoms with Gasteiger partial charge in [-0.2, -0.15) is 0 Å². The number of aromatic nitrogens is 5. The smallest absolute Gasteiger partial charge is 0.159 e. The van der Waals surface area contributed by atoms with Crippen molar-refractivity contribution < 1.29 is 0 Å². The Morgan fingerprint density at radius 1 is 0.390 bits per heavy atom. The molecule has 6 nitrogen and oxygen atoms in total. The Morgan fingerprint density at radius 3 is 1.61 bits per heavy atom. The first-order valence-corrected chi connectivity index (χ1v) is 19.7. The number of pyridine rings is 1. The van der Waals surface area contributed by atoms with Crippen LogP contribution in [0, 0.1) is 0 Å². The molecular weight excluding hydrogens is 721 g/mol. The molecule has 278 valence electrons. The van der Waals surface area contributed by atoms with Gasteiger partial charge in [-0.15, -0.1) is 0 Å². The SMILES string of the molecule is c1ccc(-n2ccc3c4c5cc(-c6ccc(N(c7ccc(-c8cccnc8)cc7)c7ccc(-c8ncccn8)cc7)cc6)ccc5n(-c5ccccc5)c4ccc32)cc1. The molecule has 11 aromatic rings. The number of para-hydroxylation sites is 2. The highest BCUT2D eigenvalue weighted by Gasteiger charge is 2.19. The minimum absolute atomic E-state index is 0.703. The van der Waals surface area contributed by atoms with Gasteiger partial charge in [0, 0.05) is 81.1 Å². The van der Waals surface area contributed by atoms with Crippen molar-refractivity contribution in [1.29, 1.82) is 0 Å². The molecule has 11 rings (SSSR count). The zero-order chi connectivity index (χ0) is 39.1. The lowest BCUT2D eigenvalue weighted by Crippen LogP contribution is -2.09. The van der Waals surface area contributed by atoms with Crippen LogP contribution in [-0.2, 0) is 0 Å². The Bertz CT molecular complexity index is 3130. The van der Waals surface area contributed by atoms with Gasteiger partial charge in [-0.1, -0.05) is 72.8 Å². The van der Waals surface area contributed by atoms with Gasteiger partial charge < -0.3 is 14.0 Å². The van der Waals surface area contributed by atoms with Gasteiger partial charge in [-0.05, 0) is 138 Å². The van der Waals surface area contributed by atoms with E-state index in [2.05, 4.69) is 211 Å². The molecule has 0 atom stereocenters. The van der Waals surface area contributed by atoms with Crippen molar-refractivity contribution in [3.05, 3.63) is 219 Å². The summed E-state index contributed by atoms with van der Waals surface area (Å²) in [4.78, 5) is 15.5. The second kappa shape index (κ2) is 14.4. The normalized spacial score (nSPS) is 11.4. The van der Waals surface area contributed by atoms with Gasteiger partial charge in [-0.25, -0.2) is 9.97 Å². The predicted octanol–water partition coefficient (Wildman–Crippen LogP) is 13.4. The van der Waals surface area contributed by atoms with Crippen LogP contribution in [0.2, 0.25) is 0 Å². The third-order valence-electron chi connectivity index (χ3n) is 11.2. The molecule has 4 aromatic heterocycles. The summed E-state index contributed by atoms with van der Waals surface area (Å²) in [5.41, 5.74) is 14.5. The van der Waals surface area contributed by atoms with Crippen LogP contribution in [-0.4, -0.2) is 24.1 Å². The van der Waals surface area contributed by atoms with Crippen LogP contribution in [0.1, 0.15) is 0 Å². The highest BCUT2D eigenvalue weighted by Crippen LogP contribution is 2.41. The molecule has 4 heterocycles. The van der Waals surface area contributed by atoms with Crippen molar-refractivity contribution in [2.24, 2.45) is 0 Å². The zero-order valence-corrected chi connectivity index (χ0v) is 32.0. The maximum Gasteiger partial charge on any atom is 0.159 e. The molecule has 0 saturated heterocycles. The van der Waals surface area contributed by atoms with Gasteiger partial charge in [0.05, 0.1) is 16.6 Å². The molecule has 0 bridgehead atoms. The predicted molar refractivity (Wildman–Crippen MR) is 242 cm³/mol. The van der Waals surface area contributed by atoms with Crippen LogP contribution in [0.25, 0.3) is 77.7 Å². The number of benzene rings is 7. The molecule has 0 spiro atoms. The molecule has 0 aliphatic heterocycles.